The maximum absolute atomic E-state index is 14.0. The molecule has 0 bridgehead atoms. The third kappa shape index (κ3) is 4.56. The van der Waals surface area contributed by atoms with Gasteiger partial charge in [-0.15, -0.1) is 0 Å². The molecule has 0 radical (unpaired) electrons. The molecule has 3 aliphatic heterocycles. The molecule has 3 heterocycles. The van der Waals surface area contributed by atoms with Crippen molar-refractivity contribution < 1.29 is 27.6 Å². The Hall–Kier alpha value is -4.17. The zero-order valence-electron chi connectivity index (χ0n) is 22.4. The van der Waals surface area contributed by atoms with Crippen molar-refractivity contribution in [3.05, 3.63) is 76.0 Å². The van der Waals surface area contributed by atoms with E-state index in [2.05, 4.69) is 11.0 Å². The van der Waals surface area contributed by atoms with Gasteiger partial charge >= 0.3 is 12.2 Å². The summed E-state index contributed by atoms with van der Waals surface area (Å²) in [5.74, 6) is -0.499. The van der Waals surface area contributed by atoms with Gasteiger partial charge in [-0.05, 0) is 61.7 Å². The zero-order valence-corrected chi connectivity index (χ0v) is 22.4. The minimum absolute atomic E-state index is 0.0166. The molecule has 11 heteroatoms. The zero-order chi connectivity index (χ0) is 29.1. The normalized spacial score (nSPS) is 23.1. The highest BCUT2D eigenvalue weighted by molar-refractivity contribution is 6.09. The fourth-order valence-electron chi connectivity index (χ4n) is 6.63. The number of halogens is 3. The number of benzene rings is 2. The van der Waals surface area contributed by atoms with Crippen molar-refractivity contribution in [3.63, 3.8) is 0 Å². The number of hydrogen-bond donors (Lipinski definition) is 0. The molecule has 4 aliphatic rings. The molecule has 0 N–H and O–H groups in total. The fourth-order valence-corrected chi connectivity index (χ4v) is 6.63. The van der Waals surface area contributed by atoms with Crippen LogP contribution < -0.4 is 4.90 Å². The number of amides is 3. The Bertz CT molecular complexity index is 1530. The van der Waals surface area contributed by atoms with Crippen molar-refractivity contribution in [2.45, 2.75) is 43.9 Å². The fraction of sp³-hybridized carbons (Fsp3) is 0.400. The summed E-state index contributed by atoms with van der Waals surface area (Å²) < 4.78 is 40.5. The summed E-state index contributed by atoms with van der Waals surface area (Å²) in [6, 6.07) is 9.98. The van der Waals surface area contributed by atoms with Crippen LogP contribution in [-0.2, 0) is 11.0 Å². The molecule has 0 saturated carbocycles. The molecule has 0 aromatic heterocycles. The summed E-state index contributed by atoms with van der Waals surface area (Å²) in [5.41, 5.74) is 0.682. The minimum Gasteiger partial charge on any atom is -0.336 e. The van der Waals surface area contributed by atoms with Gasteiger partial charge in [0.25, 0.3) is 5.91 Å². The van der Waals surface area contributed by atoms with Crippen molar-refractivity contribution in [2.75, 3.05) is 38.1 Å². The van der Waals surface area contributed by atoms with Crippen LogP contribution in [0.3, 0.4) is 0 Å². The van der Waals surface area contributed by atoms with Crippen molar-refractivity contribution in [3.8, 4) is 6.07 Å². The standard InChI is InChI=1S/C30H28F3N5O3/c1-35-27(22-8-7-18(16-34)14-23(22)28(40)37-13-12-36-11-3-6-21(36)17-37)26-24(9-10-25(26)39)38(29(35)41)20-5-2-4-19(15-20)30(31,32)33/h2,4-5,7-8,14-15,21,27H,3,6,9-13,17H2,1H3. The van der Waals surface area contributed by atoms with Gasteiger partial charge in [0.1, 0.15) is 0 Å². The molecule has 41 heavy (non-hydrogen) atoms. The predicted molar refractivity (Wildman–Crippen MR) is 143 cm³/mol. The van der Waals surface area contributed by atoms with Gasteiger partial charge in [-0.25, -0.2) is 4.79 Å². The number of allylic oxidation sites excluding steroid dienone is 1. The van der Waals surface area contributed by atoms with Crippen LogP contribution in [0, 0.1) is 11.3 Å². The van der Waals surface area contributed by atoms with E-state index >= 15 is 0 Å². The van der Waals surface area contributed by atoms with Crippen molar-refractivity contribution in [2.24, 2.45) is 0 Å². The number of fused-ring (bicyclic) bond motifs is 1. The van der Waals surface area contributed by atoms with E-state index in [9.17, 15) is 32.8 Å². The lowest BCUT2D eigenvalue weighted by Gasteiger charge is -2.41. The molecular formula is C30H28F3N5O3. The third-order valence-electron chi connectivity index (χ3n) is 8.64. The number of piperazine rings is 1. The van der Waals surface area contributed by atoms with E-state index in [1.54, 1.807) is 17.0 Å². The molecule has 2 aromatic carbocycles. The second-order valence-corrected chi connectivity index (χ2v) is 11.0. The maximum atomic E-state index is 14.0. The van der Waals surface area contributed by atoms with Crippen LogP contribution in [-0.4, -0.2) is 71.7 Å². The smallest absolute Gasteiger partial charge is 0.336 e. The third-order valence-corrected chi connectivity index (χ3v) is 8.64. The summed E-state index contributed by atoms with van der Waals surface area (Å²) >= 11 is 0. The molecule has 212 valence electrons. The highest BCUT2D eigenvalue weighted by Crippen LogP contribution is 2.46. The summed E-state index contributed by atoms with van der Waals surface area (Å²) in [7, 11) is 1.48. The summed E-state index contributed by atoms with van der Waals surface area (Å²) in [5, 5.41) is 9.61. The SMILES string of the molecule is CN1C(=O)N(c2cccc(C(F)(F)F)c2)C2=C(C(=O)CC2)C1c1ccc(C#N)cc1C(=O)N1CCN2CCCC2C1. The van der Waals surface area contributed by atoms with E-state index in [1.165, 1.54) is 35.0 Å². The maximum Gasteiger partial charge on any atom is 0.416 e. The lowest BCUT2D eigenvalue weighted by Crippen LogP contribution is -2.52. The highest BCUT2D eigenvalue weighted by atomic mass is 19.4. The van der Waals surface area contributed by atoms with Crippen LogP contribution in [0.1, 0.15) is 58.8 Å². The average molecular weight is 564 g/mol. The Balaban J connectivity index is 1.44. The van der Waals surface area contributed by atoms with Crippen molar-refractivity contribution >= 4 is 23.4 Å². The van der Waals surface area contributed by atoms with E-state index in [4.69, 9.17) is 0 Å². The average Bonchev–Trinajstić information content (AvgIpc) is 3.59. The molecular weight excluding hydrogens is 535 g/mol. The van der Waals surface area contributed by atoms with Crippen LogP contribution in [0.4, 0.5) is 23.7 Å². The number of Topliss-reactive ketones (excluding diaryl/α,β-unsaturated/α-hetero) is 1. The van der Waals surface area contributed by atoms with Crippen molar-refractivity contribution in [1.82, 2.24) is 14.7 Å². The predicted octanol–water partition coefficient (Wildman–Crippen LogP) is 4.73. The summed E-state index contributed by atoms with van der Waals surface area (Å²) in [4.78, 5) is 47.8. The lowest BCUT2D eigenvalue weighted by molar-refractivity contribution is -0.137. The molecule has 6 rings (SSSR count). The molecule has 0 spiro atoms. The number of ketones is 1. The first-order valence-corrected chi connectivity index (χ1v) is 13.7. The minimum atomic E-state index is -4.60. The number of anilines is 1. The quantitative estimate of drug-likeness (QED) is 0.539. The number of hydrogen-bond acceptors (Lipinski definition) is 5. The second-order valence-electron chi connectivity index (χ2n) is 11.0. The summed E-state index contributed by atoms with van der Waals surface area (Å²) in [6.45, 7) is 2.86. The number of nitriles is 1. The Morgan fingerprint density at radius 2 is 1.85 bits per heavy atom. The van der Waals surface area contributed by atoms with Gasteiger partial charge in [-0.1, -0.05) is 12.1 Å². The Labute approximate surface area is 235 Å². The number of likely N-dealkylation sites (N-methyl/N-ethyl adjacent to an activating group) is 1. The van der Waals surface area contributed by atoms with Gasteiger partial charge in [-0.3, -0.25) is 19.4 Å². The lowest BCUT2D eigenvalue weighted by atomic mass is 9.88. The van der Waals surface area contributed by atoms with Crippen LogP contribution in [0.5, 0.6) is 0 Å². The topological polar surface area (TPSA) is 88.0 Å². The Morgan fingerprint density at radius 1 is 1.05 bits per heavy atom. The molecule has 1 aliphatic carbocycles. The number of carbonyl (C=O) groups is 3. The second kappa shape index (κ2) is 10.0. The molecule has 8 nitrogen and oxygen atoms in total. The van der Waals surface area contributed by atoms with Gasteiger partial charge in [0.15, 0.2) is 5.78 Å². The number of rotatable bonds is 3. The molecule has 2 saturated heterocycles. The van der Waals surface area contributed by atoms with E-state index < -0.39 is 23.8 Å². The first-order valence-electron chi connectivity index (χ1n) is 13.7. The van der Waals surface area contributed by atoms with Crippen molar-refractivity contribution in [1.29, 1.82) is 5.26 Å². The van der Waals surface area contributed by atoms with Gasteiger partial charge in [0, 0.05) is 56.0 Å². The number of nitrogens with zero attached hydrogens (tertiary/aromatic N) is 5. The molecule has 2 atom stereocenters. The largest absolute Gasteiger partial charge is 0.416 e. The van der Waals surface area contributed by atoms with E-state index in [0.29, 0.717) is 24.4 Å². The van der Waals surface area contributed by atoms with Crippen LogP contribution in [0.25, 0.3) is 0 Å². The van der Waals surface area contributed by atoms with E-state index in [0.717, 1.165) is 38.1 Å². The van der Waals surface area contributed by atoms with E-state index in [1.807, 2.05) is 0 Å². The Kier molecular flexibility index (Phi) is 6.61. The highest BCUT2D eigenvalue weighted by Gasteiger charge is 2.46. The molecule has 3 amide bonds. The Morgan fingerprint density at radius 3 is 2.61 bits per heavy atom. The van der Waals surface area contributed by atoms with Crippen LogP contribution in [0.15, 0.2) is 53.7 Å². The number of urea groups is 1. The van der Waals surface area contributed by atoms with Crippen LogP contribution in [0.2, 0.25) is 0 Å². The molecule has 2 unspecified atom stereocenters. The van der Waals surface area contributed by atoms with Gasteiger partial charge in [0.2, 0.25) is 0 Å². The number of carbonyl (C=O) groups excluding carboxylic acids is 3. The first kappa shape index (κ1) is 27.0. The van der Waals surface area contributed by atoms with Gasteiger partial charge in [0.05, 0.1) is 28.9 Å². The first-order chi connectivity index (χ1) is 19.6. The summed E-state index contributed by atoms with van der Waals surface area (Å²) in [6.07, 6.45) is -2.23. The monoisotopic (exact) mass is 563 g/mol. The molecule has 2 fully saturated rings. The van der Waals surface area contributed by atoms with E-state index in [-0.39, 0.29) is 53.0 Å². The molecule has 2 aromatic rings. The van der Waals surface area contributed by atoms with Gasteiger partial charge in [-0.2, -0.15) is 18.4 Å². The van der Waals surface area contributed by atoms with Gasteiger partial charge < -0.3 is 9.80 Å². The van der Waals surface area contributed by atoms with Crippen LogP contribution >= 0.6 is 0 Å². The number of alkyl halides is 3.